The molecule has 0 amide bonds. The van der Waals surface area contributed by atoms with E-state index < -0.39 is 12.7 Å². The Labute approximate surface area is 115 Å². The van der Waals surface area contributed by atoms with Gasteiger partial charge in [0.2, 0.25) is 0 Å². The summed E-state index contributed by atoms with van der Waals surface area (Å²) in [5.74, 6) is -0.306. The zero-order chi connectivity index (χ0) is 15.5. The van der Waals surface area contributed by atoms with Crippen molar-refractivity contribution in [1.29, 1.82) is 5.41 Å². The van der Waals surface area contributed by atoms with Gasteiger partial charge in [0, 0.05) is 7.05 Å². The molecule has 0 aromatic carbocycles. The average Bonchev–Trinajstić information content (AvgIpc) is 2.34. The van der Waals surface area contributed by atoms with Gasteiger partial charge in [-0.25, -0.2) is 0 Å². The third kappa shape index (κ3) is 3.58. The Morgan fingerprint density at radius 2 is 1.85 bits per heavy atom. The zero-order valence-corrected chi connectivity index (χ0v) is 11.7. The minimum absolute atomic E-state index is 0.0103. The molecule has 8 heteroatoms. The number of amidine groups is 1. The van der Waals surface area contributed by atoms with Crippen molar-refractivity contribution in [2.45, 2.75) is 32.9 Å². The van der Waals surface area contributed by atoms with E-state index in [2.05, 4.69) is 10.2 Å². The van der Waals surface area contributed by atoms with Crippen molar-refractivity contribution in [1.82, 2.24) is 10.2 Å². The Kier molecular flexibility index (Phi) is 4.91. The van der Waals surface area contributed by atoms with Crippen molar-refractivity contribution in [3.05, 3.63) is 16.8 Å². The Bertz CT molecular complexity index is 499. The molecule has 0 unspecified atom stereocenters. The van der Waals surface area contributed by atoms with Crippen LogP contribution in [0.25, 0.3) is 0 Å². The van der Waals surface area contributed by atoms with Crippen LogP contribution in [0.5, 0.6) is 0 Å². The number of hydrogen-bond donors (Lipinski definition) is 2. The molecular formula is C12H18F3N5. The Hall–Kier alpha value is -1.86. The molecule has 0 aliphatic heterocycles. The van der Waals surface area contributed by atoms with Gasteiger partial charge in [-0.3, -0.25) is 5.41 Å². The summed E-state index contributed by atoms with van der Waals surface area (Å²) in [5.41, 5.74) is 7.10. The van der Waals surface area contributed by atoms with Gasteiger partial charge in [0.05, 0.1) is 11.3 Å². The fraction of sp³-hybridized carbons (Fsp3) is 0.583. The van der Waals surface area contributed by atoms with Gasteiger partial charge in [0.15, 0.2) is 5.82 Å². The number of nitrogens with zero attached hydrogens (tertiary/aromatic N) is 3. The Morgan fingerprint density at radius 3 is 2.25 bits per heavy atom. The normalized spacial score (nSPS) is 11.5. The SMILES string of the molecule is CCc1nnc(N(C)CC(F)(F)F)c(C(=N)N)c1CC. The quantitative estimate of drug-likeness (QED) is 0.641. The largest absolute Gasteiger partial charge is 0.405 e. The van der Waals surface area contributed by atoms with Crippen LogP contribution in [-0.2, 0) is 12.8 Å². The van der Waals surface area contributed by atoms with E-state index in [0.717, 1.165) is 4.90 Å². The minimum Gasteiger partial charge on any atom is -0.384 e. The van der Waals surface area contributed by atoms with Gasteiger partial charge in [0.1, 0.15) is 12.4 Å². The van der Waals surface area contributed by atoms with Crippen molar-refractivity contribution in [2.24, 2.45) is 5.73 Å². The molecule has 0 spiro atoms. The van der Waals surface area contributed by atoms with E-state index in [1.54, 1.807) is 0 Å². The lowest BCUT2D eigenvalue weighted by atomic mass is 10.0. The summed E-state index contributed by atoms with van der Waals surface area (Å²) < 4.78 is 37.4. The van der Waals surface area contributed by atoms with Crippen LogP contribution in [0.1, 0.15) is 30.7 Å². The summed E-state index contributed by atoms with van der Waals surface area (Å²) >= 11 is 0. The predicted molar refractivity (Wildman–Crippen MR) is 71.1 cm³/mol. The van der Waals surface area contributed by atoms with Crippen LogP contribution in [-0.4, -0.2) is 35.8 Å². The molecule has 0 saturated carbocycles. The topological polar surface area (TPSA) is 78.9 Å². The molecule has 1 aromatic rings. The van der Waals surface area contributed by atoms with Crippen molar-refractivity contribution in [3.8, 4) is 0 Å². The summed E-state index contributed by atoms with van der Waals surface area (Å²) in [6, 6.07) is 0. The average molecular weight is 289 g/mol. The van der Waals surface area contributed by atoms with Crippen LogP contribution in [0.4, 0.5) is 19.0 Å². The highest BCUT2D eigenvalue weighted by molar-refractivity contribution is 6.01. The Balaban J connectivity index is 3.36. The molecule has 20 heavy (non-hydrogen) atoms. The third-order valence-electron chi connectivity index (χ3n) is 2.87. The molecule has 0 aliphatic rings. The lowest BCUT2D eigenvalue weighted by Crippen LogP contribution is -2.34. The van der Waals surface area contributed by atoms with Crippen LogP contribution in [0.3, 0.4) is 0 Å². The number of anilines is 1. The van der Waals surface area contributed by atoms with Gasteiger partial charge in [-0.15, -0.1) is 5.10 Å². The molecule has 0 fully saturated rings. The summed E-state index contributed by atoms with van der Waals surface area (Å²) in [6.07, 6.45) is -3.25. The number of rotatable bonds is 5. The first kappa shape index (κ1) is 16.2. The van der Waals surface area contributed by atoms with E-state index in [1.165, 1.54) is 7.05 Å². The Morgan fingerprint density at radius 1 is 1.25 bits per heavy atom. The maximum atomic E-state index is 12.5. The van der Waals surface area contributed by atoms with E-state index >= 15 is 0 Å². The maximum absolute atomic E-state index is 12.5. The van der Waals surface area contributed by atoms with Crippen LogP contribution in [0.15, 0.2) is 0 Å². The number of aromatic nitrogens is 2. The number of aryl methyl sites for hydroxylation is 1. The predicted octanol–water partition coefficient (Wildman–Crippen LogP) is 1.88. The molecule has 0 radical (unpaired) electrons. The molecule has 0 bridgehead atoms. The molecule has 0 saturated heterocycles. The van der Waals surface area contributed by atoms with E-state index in [0.29, 0.717) is 24.1 Å². The van der Waals surface area contributed by atoms with E-state index in [4.69, 9.17) is 11.1 Å². The first-order valence-corrected chi connectivity index (χ1v) is 6.21. The van der Waals surface area contributed by atoms with E-state index in [1.807, 2.05) is 13.8 Å². The summed E-state index contributed by atoms with van der Waals surface area (Å²) in [4.78, 5) is 0.919. The number of hydrogen-bond acceptors (Lipinski definition) is 4. The third-order valence-corrected chi connectivity index (χ3v) is 2.87. The number of halogens is 3. The second-order valence-corrected chi connectivity index (χ2v) is 4.42. The monoisotopic (exact) mass is 289 g/mol. The molecule has 5 nitrogen and oxygen atoms in total. The van der Waals surface area contributed by atoms with Gasteiger partial charge in [-0.05, 0) is 18.4 Å². The first-order valence-electron chi connectivity index (χ1n) is 6.21. The summed E-state index contributed by atoms with van der Waals surface area (Å²) in [5, 5.41) is 15.4. The molecule has 1 aromatic heterocycles. The van der Waals surface area contributed by atoms with E-state index in [9.17, 15) is 13.2 Å². The second-order valence-electron chi connectivity index (χ2n) is 4.42. The number of alkyl halides is 3. The van der Waals surface area contributed by atoms with Crippen LogP contribution >= 0.6 is 0 Å². The highest BCUT2D eigenvalue weighted by Crippen LogP contribution is 2.25. The van der Waals surface area contributed by atoms with Gasteiger partial charge >= 0.3 is 6.18 Å². The highest BCUT2D eigenvalue weighted by atomic mass is 19.4. The standard InChI is InChI=1S/C12H18F3N5/c1-4-7-8(5-2)18-19-11(9(7)10(16)17)20(3)6-12(13,14)15/h4-6H2,1-3H3,(H3,16,17). The second kappa shape index (κ2) is 6.06. The van der Waals surface area contributed by atoms with Crippen molar-refractivity contribution < 1.29 is 13.2 Å². The first-order chi connectivity index (χ1) is 9.21. The molecular weight excluding hydrogens is 271 g/mol. The van der Waals surface area contributed by atoms with Crippen molar-refractivity contribution in [2.75, 3.05) is 18.5 Å². The van der Waals surface area contributed by atoms with Crippen LogP contribution in [0.2, 0.25) is 0 Å². The van der Waals surface area contributed by atoms with Crippen molar-refractivity contribution in [3.63, 3.8) is 0 Å². The highest BCUT2D eigenvalue weighted by Gasteiger charge is 2.31. The molecule has 0 atom stereocenters. The summed E-state index contributed by atoms with van der Waals surface area (Å²) in [6.45, 7) is 2.54. The van der Waals surface area contributed by atoms with Gasteiger partial charge in [0.25, 0.3) is 0 Å². The number of nitrogens with one attached hydrogen (secondary N) is 1. The lowest BCUT2D eigenvalue weighted by molar-refractivity contribution is -0.119. The molecule has 0 aliphatic carbocycles. The lowest BCUT2D eigenvalue weighted by Gasteiger charge is -2.23. The molecule has 112 valence electrons. The molecule has 1 heterocycles. The molecule has 1 rings (SSSR count). The molecule has 3 N–H and O–H groups in total. The smallest absolute Gasteiger partial charge is 0.384 e. The maximum Gasteiger partial charge on any atom is 0.405 e. The fourth-order valence-electron chi connectivity index (χ4n) is 2.06. The number of nitrogens with two attached hydrogens (primary N) is 1. The number of nitrogen functional groups attached to an aromatic ring is 1. The van der Waals surface area contributed by atoms with Crippen molar-refractivity contribution >= 4 is 11.7 Å². The van der Waals surface area contributed by atoms with Gasteiger partial charge in [-0.1, -0.05) is 13.8 Å². The van der Waals surface area contributed by atoms with E-state index in [-0.39, 0.29) is 17.2 Å². The summed E-state index contributed by atoms with van der Waals surface area (Å²) in [7, 11) is 1.26. The van der Waals surface area contributed by atoms with Crippen LogP contribution in [0, 0.1) is 5.41 Å². The fourth-order valence-corrected chi connectivity index (χ4v) is 2.06. The minimum atomic E-state index is -4.36. The zero-order valence-electron chi connectivity index (χ0n) is 11.7. The van der Waals surface area contributed by atoms with Gasteiger partial charge in [-0.2, -0.15) is 18.3 Å². The van der Waals surface area contributed by atoms with Gasteiger partial charge < -0.3 is 10.6 Å². The van der Waals surface area contributed by atoms with Crippen LogP contribution < -0.4 is 10.6 Å².